The van der Waals surface area contributed by atoms with E-state index in [1.165, 1.54) is 0 Å². The Balaban J connectivity index is 1.80. The van der Waals surface area contributed by atoms with Gasteiger partial charge in [0.1, 0.15) is 0 Å². The van der Waals surface area contributed by atoms with E-state index in [-0.39, 0.29) is 12.4 Å². The standard InChI is InChI=1S/C19H21N3O2S/c1-2-14-24-19(23)13-12-18(25)20-15-8-10-17(11-9-15)22-21-16-6-4-3-5-7-16/h3-11H,2,12-14H2,1H3,(H,20,25). The van der Waals surface area contributed by atoms with Crippen LogP contribution in [0.15, 0.2) is 64.8 Å². The minimum Gasteiger partial charge on any atom is -0.466 e. The van der Waals surface area contributed by atoms with Crippen LogP contribution in [-0.2, 0) is 9.53 Å². The van der Waals surface area contributed by atoms with Crippen LogP contribution in [0.5, 0.6) is 0 Å². The van der Waals surface area contributed by atoms with E-state index in [0.717, 1.165) is 23.5 Å². The molecule has 1 N–H and O–H groups in total. The highest BCUT2D eigenvalue weighted by Gasteiger charge is 2.05. The van der Waals surface area contributed by atoms with Gasteiger partial charge in [0.2, 0.25) is 0 Å². The molecular weight excluding hydrogens is 334 g/mol. The van der Waals surface area contributed by atoms with E-state index < -0.39 is 0 Å². The Kier molecular flexibility index (Phi) is 7.72. The van der Waals surface area contributed by atoms with Gasteiger partial charge in [-0.05, 0) is 42.8 Å². The maximum absolute atomic E-state index is 11.5. The van der Waals surface area contributed by atoms with Crippen LogP contribution in [0.3, 0.4) is 0 Å². The summed E-state index contributed by atoms with van der Waals surface area (Å²) in [4.78, 5) is 12.1. The zero-order chi connectivity index (χ0) is 17.9. The number of nitrogens with one attached hydrogen (secondary N) is 1. The van der Waals surface area contributed by atoms with Gasteiger partial charge in [-0.2, -0.15) is 10.2 Å². The van der Waals surface area contributed by atoms with Crippen molar-refractivity contribution in [3.05, 3.63) is 54.6 Å². The van der Waals surface area contributed by atoms with Gasteiger partial charge in [0.25, 0.3) is 0 Å². The number of azo groups is 1. The maximum Gasteiger partial charge on any atom is 0.306 e. The molecule has 0 atom stereocenters. The number of ether oxygens (including phenoxy) is 1. The molecule has 2 aromatic carbocycles. The van der Waals surface area contributed by atoms with Crippen molar-refractivity contribution in [2.45, 2.75) is 26.2 Å². The Morgan fingerprint density at radius 3 is 2.28 bits per heavy atom. The Labute approximate surface area is 153 Å². The molecule has 2 rings (SSSR count). The van der Waals surface area contributed by atoms with Crippen LogP contribution in [0.4, 0.5) is 17.1 Å². The third-order valence-electron chi connectivity index (χ3n) is 3.21. The Morgan fingerprint density at radius 1 is 1.00 bits per heavy atom. The smallest absolute Gasteiger partial charge is 0.306 e. The van der Waals surface area contributed by atoms with Gasteiger partial charge in [0.05, 0.1) is 29.4 Å². The predicted octanol–water partition coefficient (Wildman–Crippen LogP) is 5.57. The lowest BCUT2D eigenvalue weighted by atomic mass is 10.2. The largest absolute Gasteiger partial charge is 0.466 e. The van der Waals surface area contributed by atoms with Gasteiger partial charge in [0.15, 0.2) is 0 Å². The Hall–Kier alpha value is -2.60. The number of thiocarbonyl (C=S) groups is 1. The second-order valence-electron chi connectivity index (χ2n) is 5.35. The molecule has 0 fully saturated rings. The lowest BCUT2D eigenvalue weighted by molar-refractivity contribution is -0.143. The van der Waals surface area contributed by atoms with Gasteiger partial charge < -0.3 is 10.1 Å². The zero-order valence-electron chi connectivity index (χ0n) is 14.1. The second kappa shape index (κ2) is 10.3. The van der Waals surface area contributed by atoms with Crippen LogP contribution in [0.2, 0.25) is 0 Å². The minimum atomic E-state index is -0.220. The quantitative estimate of drug-likeness (QED) is 0.382. The van der Waals surface area contributed by atoms with E-state index in [0.29, 0.717) is 18.0 Å². The molecule has 6 heteroatoms. The van der Waals surface area contributed by atoms with Crippen molar-refractivity contribution in [1.82, 2.24) is 0 Å². The molecule has 0 aliphatic heterocycles. The first-order chi connectivity index (χ1) is 12.2. The predicted molar refractivity (Wildman–Crippen MR) is 104 cm³/mol. The van der Waals surface area contributed by atoms with Crippen LogP contribution in [0, 0.1) is 0 Å². The molecular formula is C19H21N3O2S. The molecule has 130 valence electrons. The van der Waals surface area contributed by atoms with Crippen molar-refractivity contribution < 1.29 is 9.53 Å². The number of nitrogens with zero attached hydrogens (tertiary/aromatic N) is 2. The highest BCUT2D eigenvalue weighted by atomic mass is 32.1. The van der Waals surface area contributed by atoms with Gasteiger partial charge in [-0.25, -0.2) is 0 Å². The van der Waals surface area contributed by atoms with Crippen molar-refractivity contribution in [3.63, 3.8) is 0 Å². The highest BCUT2D eigenvalue weighted by Crippen LogP contribution is 2.20. The summed E-state index contributed by atoms with van der Waals surface area (Å²) in [5.74, 6) is -0.220. The van der Waals surface area contributed by atoms with Gasteiger partial charge >= 0.3 is 5.97 Å². The SMILES string of the molecule is CCCOC(=O)CCC(=S)Nc1ccc(N=Nc2ccccc2)cc1. The first kappa shape index (κ1) is 18.7. The number of esters is 1. The molecule has 25 heavy (non-hydrogen) atoms. The normalized spacial score (nSPS) is 10.6. The average molecular weight is 355 g/mol. The molecule has 0 aliphatic rings. The second-order valence-corrected chi connectivity index (χ2v) is 5.84. The Bertz CT molecular complexity index is 715. The molecule has 0 amide bonds. The molecule has 5 nitrogen and oxygen atoms in total. The maximum atomic E-state index is 11.5. The van der Waals surface area contributed by atoms with Crippen molar-refractivity contribution in [1.29, 1.82) is 0 Å². The summed E-state index contributed by atoms with van der Waals surface area (Å²) in [6.07, 6.45) is 1.57. The first-order valence-corrected chi connectivity index (χ1v) is 8.60. The van der Waals surface area contributed by atoms with Gasteiger partial charge in [0, 0.05) is 12.1 Å². The topological polar surface area (TPSA) is 63.0 Å². The number of rotatable bonds is 8. The molecule has 0 aromatic heterocycles. The number of hydrogen-bond acceptors (Lipinski definition) is 5. The van der Waals surface area contributed by atoms with Crippen LogP contribution in [0.25, 0.3) is 0 Å². The average Bonchev–Trinajstić information content (AvgIpc) is 2.65. The molecule has 0 spiro atoms. The summed E-state index contributed by atoms with van der Waals surface area (Å²) < 4.78 is 5.02. The zero-order valence-corrected chi connectivity index (χ0v) is 15.0. The van der Waals surface area contributed by atoms with Gasteiger partial charge in [-0.15, -0.1) is 0 Å². The van der Waals surface area contributed by atoms with Crippen LogP contribution < -0.4 is 5.32 Å². The number of carbonyl (C=O) groups excluding carboxylic acids is 1. The molecule has 2 aromatic rings. The third-order valence-corrected chi connectivity index (χ3v) is 3.52. The third kappa shape index (κ3) is 7.22. The molecule has 0 heterocycles. The fourth-order valence-corrected chi connectivity index (χ4v) is 2.17. The summed E-state index contributed by atoms with van der Waals surface area (Å²) in [5.41, 5.74) is 2.41. The summed E-state index contributed by atoms with van der Waals surface area (Å²) >= 11 is 5.25. The fraction of sp³-hybridized carbons (Fsp3) is 0.263. The fourth-order valence-electron chi connectivity index (χ4n) is 1.95. The van der Waals surface area contributed by atoms with Crippen LogP contribution in [-0.4, -0.2) is 17.6 Å². The number of anilines is 1. The first-order valence-electron chi connectivity index (χ1n) is 8.19. The van der Waals surface area contributed by atoms with Crippen molar-refractivity contribution >= 4 is 40.2 Å². The molecule has 0 aliphatic carbocycles. The van der Waals surface area contributed by atoms with Gasteiger partial charge in [-0.3, -0.25) is 4.79 Å². The summed E-state index contributed by atoms with van der Waals surface area (Å²) in [6, 6.07) is 17.0. The van der Waals surface area contributed by atoms with E-state index in [1.807, 2.05) is 61.5 Å². The van der Waals surface area contributed by atoms with Crippen LogP contribution >= 0.6 is 12.2 Å². The summed E-state index contributed by atoms with van der Waals surface area (Å²) in [5, 5.41) is 11.5. The van der Waals surface area contributed by atoms with Gasteiger partial charge in [-0.1, -0.05) is 37.3 Å². The summed E-state index contributed by atoms with van der Waals surface area (Å²) in [7, 11) is 0. The molecule has 0 bridgehead atoms. The lowest BCUT2D eigenvalue weighted by Gasteiger charge is -2.08. The Morgan fingerprint density at radius 2 is 1.64 bits per heavy atom. The molecule has 0 radical (unpaired) electrons. The van der Waals surface area contributed by atoms with E-state index in [1.54, 1.807) is 0 Å². The molecule has 0 unspecified atom stereocenters. The van der Waals surface area contributed by atoms with Crippen molar-refractivity contribution in [2.75, 3.05) is 11.9 Å². The molecule has 0 saturated carbocycles. The van der Waals surface area contributed by atoms with Crippen molar-refractivity contribution in [2.24, 2.45) is 10.2 Å². The molecule has 0 saturated heterocycles. The van der Waals surface area contributed by atoms with E-state index in [9.17, 15) is 4.79 Å². The lowest BCUT2D eigenvalue weighted by Crippen LogP contribution is -2.13. The minimum absolute atomic E-state index is 0.220. The van der Waals surface area contributed by atoms with E-state index in [4.69, 9.17) is 17.0 Å². The number of benzene rings is 2. The monoisotopic (exact) mass is 355 g/mol. The summed E-state index contributed by atoms with van der Waals surface area (Å²) in [6.45, 7) is 2.42. The highest BCUT2D eigenvalue weighted by molar-refractivity contribution is 7.80. The number of hydrogen-bond donors (Lipinski definition) is 1. The van der Waals surface area contributed by atoms with E-state index >= 15 is 0 Å². The van der Waals surface area contributed by atoms with Crippen molar-refractivity contribution in [3.8, 4) is 0 Å². The van der Waals surface area contributed by atoms with E-state index in [2.05, 4.69) is 15.5 Å². The number of carbonyl (C=O) groups is 1. The van der Waals surface area contributed by atoms with Crippen LogP contribution in [0.1, 0.15) is 26.2 Å².